The fourth-order valence-corrected chi connectivity index (χ4v) is 3.58. The van der Waals surface area contributed by atoms with E-state index in [-0.39, 0.29) is 6.03 Å². The van der Waals surface area contributed by atoms with Crippen molar-refractivity contribution >= 4 is 17.9 Å². The van der Waals surface area contributed by atoms with Crippen LogP contribution in [0.25, 0.3) is 6.08 Å². The fourth-order valence-electron chi connectivity index (χ4n) is 3.58. The monoisotopic (exact) mass is 445 g/mol. The first-order valence-corrected chi connectivity index (χ1v) is 10.9. The van der Waals surface area contributed by atoms with Crippen LogP contribution in [-0.2, 0) is 6.42 Å². The number of rotatable bonds is 7. The second kappa shape index (κ2) is 11.1. The van der Waals surface area contributed by atoms with Crippen molar-refractivity contribution in [3.05, 3.63) is 77.9 Å². The van der Waals surface area contributed by atoms with Crippen molar-refractivity contribution in [2.24, 2.45) is 0 Å². The van der Waals surface area contributed by atoms with Gasteiger partial charge in [0, 0.05) is 31.9 Å². The number of amides is 2. The lowest BCUT2D eigenvalue weighted by Crippen LogP contribution is -2.39. The number of aromatic nitrogens is 3. The number of benzene rings is 1. The van der Waals surface area contributed by atoms with Crippen LogP contribution in [0.15, 0.2) is 66.8 Å². The Bertz CT molecular complexity index is 1080. The number of hydrogen-bond acceptors (Lipinski definition) is 6. The number of methoxy groups -OCH3 is 1. The quantitative estimate of drug-likeness (QED) is 0.586. The lowest BCUT2D eigenvalue weighted by atomic mass is 10.0. The highest BCUT2D eigenvalue weighted by Gasteiger charge is 2.19. The Morgan fingerprint density at radius 2 is 2.00 bits per heavy atom. The standard InChI is InChI=1S/C25H27N5O3/c1-32-24-18-27-23(17-28-24)29-25(31)30-11-7-19(8-12-30)14-21-4-2-6-22(15-21)33-13-9-20-5-3-10-26-16-20/h2-6,10,14-18H,7-9,11-13H2,1H3,(H,27,29,31). The van der Waals surface area contributed by atoms with Crippen LogP contribution in [0.2, 0.25) is 0 Å². The number of anilines is 1. The van der Waals surface area contributed by atoms with E-state index < -0.39 is 0 Å². The third-order valence-electron chi connectivity index (χ3n) is 5.38. The van der Waals surface area contributed by atoms with Crippen molar-refractivity contribution in [3.8, 4) is 11.6 Å². The maximum atomic E-state index is 12.5. The van der Waals surface area contributed by atoms with Gasteiger partial charge in [0.15, 0.2) is 5.82 Å². The molecule has 1 aromatic carbocycles. The van der Waals surface area contributed by atoms with Crippen LogP contribution in [0, 0.1) is 0 Å². The molecule has 1 saturated heterocycles. The molecule has 0 bridgehead atoms. The first-order valence-electron chi connectivity index (χ1n) is 10.9. The van der Waals surface area contributed by atoms with Gasteiger partial charge in [-0.1, -0.05) is 29.8 Å². The Hall–Kier alpha value is -3.94. The van der Waals surface area contributed by atoms with Gasteiger partial charge in [-0.05, 0) is 42.2 Å². The summed E-state index contributed by atoms with van der Waals surface area (Å²) in [7, 11) is 1.52. The first-order chi connectivity index (χ1) is 16.2. The van der Waals surface area contributed by atoms with Gasteiger partial charge in [-0.3, -0.25) is 10.3 Å². The summed E-state index contributed by atoms with van der Waals surface area (Å²) in [5.41, 5.74) is 3.58. The predicted octanol–water partition coefficient (Wildman–Crippen LogP) is 4.21. The predicted molar refractivity (Wildman–Crippen MR) is 126 cm³/mol. The Labute approximate surface area is 193 Å². The zero-order chi connectivity index (χ0) is 22.9. The normalized spacial score (nSPS) is 13.4. The van der Waals surface area contributed by atoms with Gasteiger partial charge < -0.3 is 14.4 Å². The molecule has 0 spiro atoms. The molecule has 1 N–H and O–H groups in total. The molecule has 0 radical (unpaired) electrons. The first kappa shape index (κ1) is 22.3. The SMILES string of the molecule is COc1cnc(NC(=O)N2CCC(=Cc3cccc(OCCc4cccnc4)c3)CC2)cn1. The number of urea groups is 1. The van der Waals surface area contributed by atoms with Crippen molar-refractivity contribution in [1.29, 1.82) is 0 Å². The van der Waals surface area contributed by atoms with E-state index in [1.807, 2.05) is 30.5 Å². The second-order valence-electron chi connectivity index (χ2n) is 7.70. The largest absolute Gasteiger partial charge is 0.493 e. The molecule has 1 aliphatic rings. The van der Waals surface area contributed by atoms with E-state index in [1.54, 1.807) is 11.1 Å². The number of pyridine rings is 1. The van der Waals surface area contributed by atoms with Gasteiger partial charge in [0.25, 0.3) is 0 Å². The van der Waals surface area contributed by atoms with E-state index in [9.17, 15) is 4.79 Å². The van der Waals surface area contributed by atoms with E-state index in [0.29, 0.717) is 31.4 Å². The van der Waals surface area contributed by atoms with Crippen molar-refractivity contribution < 1.29 is 14.3 Å². The molecule has 3 heterocycles. The third-order valence-corrected chi connectivity index (χ3v) is 5.38. The Balaban J connectivity index is 1.26. The molecule has 170 valence electrons. The molecule has 3 aromatic rings. The van der Waals surface area contributed by atoms with E-state index in [4.69, 9.17) is 9.47 Å². The van der Waals surface area contributed by atoms with Crippen LogP contribution < -0.4 is 14.8 Å². The molecule has 2 aromatic heterocycles. The number of piperidine rings is 1. The number of ether oxygens (including phenoxy) is 2. The minimum Gasteiger partial charge on any atom is -0.493 e. The lowest BCUT2D eigenvalue weighted by Gasteiger charge is -2.28. The van der Waals surface area contributed by atoms with Gasteiger partial charge in [0.1, 0.15) is 5.75 Å². The molecule has 2 amide bonds. The fraction of sp³-hybridized carbons (Fsp3) is 0.280. The van der Waals surface area contributed by atoms with E-state index in [2.05, 4.69) is 38.5 Å². The summed E-state index contributed by atoms with van der Waals surface area (Å²) in [6.45, 7) is 1.92. The highest BCUT2D eigenvalue weighted by molar-refractivity contribution is 5.88. The molecule has 4 rings (SSSR count). The van der Waals surface area contributed by atoms with Crippen LogP contribution in [0.5, 0.6) is 11.6 Å². The maximum absolute atomic E-state index is 12.5. The van der Waals surface area contributed by atoms with Gasteiger partial charge in [-0.25, -0.2) is 14.8 Å². The average Bonchev–Trinajstić information content (AvgIpc) is 2.86. The van der Waals surface area contributed by atoms with Crippen LogP contribution >= 0.6 is 0 Å². The summed E-state index contributed by atoms with van der Waals surface area (Å²) in [5.74, 6) is 1.66. The number of nitrogens with zero attached hydrogens (tertiary/aromatic N) is 4. The molecule has 0 unspecified atom stereocenters. The number of carbonyl (C=O) groups is 1. The zero-order valence-corrected chi connectivity index (χ0v) is 18.6. The summed E-state index contributed by atoms with van der Waals surface area (Å²) in [5, 5.41) is 2.78. The molecule has 0 atom stereocenters. The minimum absolute atomic E-state index is 0.169. The highest BCUT2D eigenvalue weighted by atomic mass is 16.5. The number of carbonyl (C=O) groups excluding carboxylic acids is 1. The van der Waals surface area contributed by atoms with Crippen molar-refractivity contribution in [3.63, 3.8) is 0 Å². The van der Waals surface area contributed by atoms with E-state index >= 15 is 0 Å². The Morgan fingerprint density at radius 1 is 1.12 bits per heavy atom. The van der Waals surface area contributed by atoms with Crippen LogP contribution in [0.4, 0.5) is 10.6 Å². The van der Waals surface area contributed by atoms with Gasteiger partial charge in [0.2, 0.25) is 5.88 Å². The summed E-state index contributed by atoms with van der Waals surface area (Å²) >= 11 is 0. The second-order valence-corrected chi connectivity index (χ2v) is 7.70. The Kier molecular flexibility index (Phi) is 7.48. The molecule has 1 fully saturated rings. The van der Waals surface area contributed by atoms with Crippen LogP contribution in [-0.4, -0.2) is 52.7 Å². The number of hydrogen-bond donors (Lipinski definition) is 1. The number of likely N-dealkylation sites (tertiary alicyclic amines) is 1. The summed E-state index contributed by atoms with van der Waals surface area (Å²) in [6.07, 6.45) is 11.3. The zero-order valence-electron chi connectivity index (χ0n) is 18.6. The van der Waals surface area contributed by atoms with Crippen LogP contribution in [0.1, 0.15) is 24.0 Å². The highest BCUT2D eigenvalue weighted by Crippen LogP contribution is 2.22. The van der Waals surface area contributed by atoms with E-state index in [1.165, 1.54) is 25.1 Å². The van der Waals surface area contributed by atoms with Gasteiger partial charge in [-0.2, -0.15) is 0 Å². The molecule has 0 saturated carbocycles. The maximum Gasteiger partial charge on any atom is 0.323 e. The molecule has 8 nitrogen and oxygen atoms in total. The summed E-state index contributed by atoms with van der Waals surface area (Å²) in [4.78, 5) is 26.6. The summed E-state index contributed by atoms with van der Waals surface area (Å²) in [6, 6.07) is 11.9. The van der Waals surface area contributed by atoms with E-state index in [0.717, 1.165) is 36.1 Å². The average molecular weight is 446 g/mol. The molecular weight excluding hydrogens is 418 g/mol. The molecule has 0 aliphatic carbocycles. The number of nitrogens with one attached hydrogen (secondary N) is 1. The molecule has 8 heteroatoms. The van der Waals surface area contributed by atoms with Gasteiger partial charge in [0.05, 0.1) is 26.1 Å². The van der Waals surface area contributed by atoms with Crippen molar-refractivity contribution in [2.75, 3.05) is 32.1 Å². The summed E-state index contributed by atoms with van der Waals surface area (Å²) < 4.78 is 10.9. The minimum atomic E-state index is -0.169. The van der Waals surface area contributed by atoms with Gasteiger partial charge in [-0.15, -0.1) is 0 Å². The van der Waals surface area contributed by atoms with Crippen molar-refractivity contribution in [1.82, 2.24) is 19.9 Å². The molecule has 33 heavy (non-hydrogen) atoms. The third kappa shape index (κ3) is 6.52. The Morgan fingerprint density at radius 3 is 2.73 bits per heavy atom. The topological polar surface area (TPSA) is 89.5 Å². The van der Waals surface area contributed by atoms with Crippen LogP contribution in [0.3, 0.4) is 0 Å². The smallest absolute Gasteiger partial charge is 0.323 e. The lowest BCUT2D eigenvalue weighted by molar-refractivity contribution is 0.207. The molecular formula is C25H27N5O3. The van der Waals surface area contributed by atoms with Gasteiger partial charge >= 0.3 is 6.03 Å². The molecule has 1 aliphatic heterocycles. The van der Waals surface area contributed by atoms with Crippen molar-refractivity contribution in [2.45, 2.75) is 19.3 Å².